The Labute approximate surface area is 126 Å². The topological polar surface area (TPSA) is 113 Å². The van der Waals surface area contributed by atoms with Crippen LogP contribution in [0.3, 0.4) is 0 Å². The molecule has 4 N–H and O–H groups in total. The van der Waals surface area contributed by atoms with Crippen molar-refractivity contribution in [3.05, 3.63) is 11.6 Å². The van der Waals surface area contributed by atoms with Gasteiger partial charge in [0.15, 0.2) is 10.8 Å². The van der Waals surface area contributed by atoms with Gasteiger partial charge in [-0.2, -0.15) is 9.29 Å². The van der Waals surface area contributed by atoms with Crippen LogP contribution in [0.1, 0.15) is 13.3 Å². The van der Waals surface area contributed by atoms with Gasteiger partial charge in [0.05, 0.1) is 6.10 Å². The molecule has 0 bridgehead atoms. The standard InChI is InChI=1S/C11H17N5O3S2/c1-7-6-15(3-2-8(7)17)21(18,19)10-9(14-12)13-11-16(10)4-5-20-11/h4-5,7-8,14,17H,2-3,6,12H2,1H3. The number of nitrogens with zero attached hydrogens (tertiary/aromatic N) is 3. The maximum Gasteiger partial charge on any atom is 0.262 e. The Morgan fingerprint density at radius 1 is 1.57 bits per heavy atom. The van der Waals surface area contributed by atoms with Crippen molar-refractivity contribution in [1.82, 2.24) is 13.7 Å². The SMILES string of the molecule is CC1CN(S(=O)(=O)c2c(NN)nc3sccn23)CCC1O. The molecule has 0 radical (unpaired) electrons. The highest BCUT2D eigenvalue weighted by Gasteiger charge is 2.36. The number of hydrazine groups is 1. The van der Waals surface area contributed by atoms with Crippen molar-refractivity contribution in [3.8, 4) is 0 Å². The first-order chi connectivity index (χ1) is 9.95. The van der Waals surface area contributed by atoms with Crippen molar-refractivity contribution in [2.45, 2.75) is 24.5 Å². The van der Waals surface area contributed by atoms with Gasteiger partial charge in [0.25, 0.3) is 10.0 Å². The Bertz CT molecular complexity index is 753. The van der Waals surface area contributed by atoms with Crippen LogP contribution < -0.4 is 11.3 Å². The number of thiazole rings is 1. The number of sulfonamides is 1. The van der Waals surface area contributed by atoms with Crippen LogP contribution in [0.15, 0.2) is 16.6 Å². The molecule has 2 atom stereocenters. The van der Waals surface area contributed by atoms with Crippen LogP contribution in [0.5, 0.6) is 0 Å². The molecule has 8 nitrogen and oxygen atoms in total. The highest BCUT2D eigenvalue weighted by Crippen LogP contribution is 2.30. The molecule has 0 saturated carbocycles. The van der Waals surface area contributed by atoms with Gasteiger partial charge in [-0.15, -0.1) is 11.3 Å². The smallest absolute Gasteiger partial charge is 0.262 e. The summed E-state index contributed by atoms with van der Waals surface area (Å²) < 4.78 is 28.7. The number of anilines is 1. The lowest BCUT2D eigenvalue weighted by molar-refractivity contribution is 0.0628. The first kappa shape index (κ1) is 14.7. The summed E-state index contributed by atoms with van der Waals surface area (Å²) in [6, 6.07) is 0. The fourth-order valence-electron chi connectivity index (χ4n) is 2.54. The molecule has 21 heavy (non-hydrogen) atoms. The van der Waals surface area contributed by atoms with Gasteiger partial charge in [-0.3, -0.25) is 4.40 Å². The van der Waals surface area contributed by atoms with E-state index in [4.69, 9.17) is 5.84 Å². The number of fused-ring (bicyclic) bond motifs is 1. The summed E-state index contributed by atoms with van der Waals surface area (Å²) in [6.45, 7) is 2.41. The molecule has 0 amide bonds. The van der Waals surface area contributed by atoms with E-state index in [2.05, 4.69) is 10.4 Å². The molecule has 2 unspecified atom stereocenters. The lowest BCUT2D eigenvalue weighted by Gasteiger charge is -2.33. The summed E-state index contributed by atoms with van der Waals surface area (Å²) >= 11 is 1.33. The molecular formula is C11H17N5O3S2. The number of nitrogens with one attached hydrogen (secondary N) is 1. The zero-order valence-corrected chi connectivity index (χ0v) is 13.1. The number of hydrogen-bond donors (Lipinski definition) is 3. The molecule has 116 valence electrons. The van der Waals surface area contributed by atoms with E-state index in [-0.39, 0.29) is 29.9 Å². The second-order valence-corrected chi connectivity index (χ2v) is 7.89. The van der Waals surface area contributed by atoms with E-state index in [9.17, 15) is 13.5 Å². The zero-order valence-electron chi connectivity index (χ0n) is 11.4. The monoisotopic (exact) mass is 331 g/mol. The van der Waals surface area contributed by atoms with Gasteiger partial charge in [-0.05, 0) is 12.3 Å². The average Bonchev–Trinajstić information content (AvgIpc) is 3.00. The number of rotatable bonds is 3. The number of nitrogens with two attached hydrogens (primary N) is 1. The molecule has 0 spiro atoms. The van der Waals surface area contributed by atoms with E-state index in [0.717, 1.165) is 0 Å². The van der Waals surface area contributed by atoms with Crippen LogP contribution in [0, 0.1) is 5.92 Å². The zero-order chi connectivity index (χ0) is 15.2. The molecule has 1 aliphatic rings. The number of aliphatic hydroxyl groups is 1. The van der Waals surface area contributed by atoms with E-state index in [1.54, 1.807) is 11.6 Å². The second-order valence-electron chi connectivity index (χ2n) is 5.16. The van der Waals surface area contributed by atoms with Crippen molar-refractivity contribution in [3.63, 3.8) is 0 Å². The normalized spacial score (nSPS) is 24.5. The predicted octanol–water partition coefficient (Wildman–Crippen LogP) is 0.0728. The van der Waals surface area contributed by atoms with Gasteiger partial charge in [0.1, 0.15) is 0 Å². The summed E-state index contributed by atoms with van der Waals surface area (Å²) in [6.07, 6.45) is 1.62. The van der Waals surface area contributed by atoms with Gasteiger partial charge in [-0.1, -0.05) is 6.92 Å². The summed E-state index contributed by atoms with van der Waals surface area (Å²) in [7, 11) is -3.73. The molecule has 3 heterocycles. The molecule has 3 rings (SSSR count). The third kappa shape index (κ3) is 2.32. The Kier molecular flexibility index (Phi) is 3.66. The molecular weight excluding hydrogens is 314 g/mol. The quantitative estimate of drug-likeness (QED) is 0.542. The first-order valence-electron chi connectivity index (χ1n) is 6.55. The molecule has 1 aliphatic heterocycles. The van der Waals surface area contributed by atoms with Crippen molar-refractivity contribution in [1.29, 1.82) is 0 Å². The summed E-state index contributed by atoms with van der Waals surface area (Å²) in [5.74, 6) is 5.44. The maximum atomic E-state index is 12.9. The van der Waals surface area contributed by atoms with Crippen LogP contribution in [0.2, 0.25) is 0 Å². The number of piperidine rings is 1. The van der Waals surface area contributed by atoms with Crippen LogP contribution in [-0.2, 0) is 10.0 Å². The van der Waals surface area contributed by atoms with Gasteiger partial charge >= 0.3 is 0 Å². The number of aromatic nitrogens is 2. The highest BCUT2D eigenvalue weighted by molar-refractivity contribution is 7.89. The third-order valence-corrected chi connectivity index (χ3v) is 6.41. The van der Waals surface area contributed by atoms with Crippen molar-refractivity contribution in [2.75, 3.05) is 18.5 Å². The van der Waals surface area contributed by atoms with Crippen LogP contribution in [0.4, 0.5) is 5.82 Å². The lowest BCUT2D eigenvalue weighted by atomic mass is 9.99. The summed E-state index contributed by atoms with van der Waals surface area (Å²) in [5, 5.41) is 11.6. The molecule has 2 aromatic rings. The Morgan fingerprint density at radius 2 is 2.33 bits per heavy atom. The predicted molar refractivity (Wildman–Crippen MR) is 79.4 cm³/mol. The molecule has 1 saturated heterocycles. The minimum Gasteiger partial charge on any atom is -0.393 e. The van der Waals surface area contributed by atoms with Crippen molar-refractivity contribution >= 4 is 32.1 Å². The largest absolute Gasteiger partial charge is 0.393 e. The fraction of sp³-hybridized carbons (Fsp3) is 0.545. The maximum absolute atomic E-state index is 12.9. The van der Waals surface area contributed by atoms with Crippen molar-refractivity contribution in [2.24, 2.45) is 11.8 Å². The van der Waals surface area contributed by atoms with E-state index in [0.29, 0.717) is 11.4 Å². The summed E-state index contributed by atoms with van der Waals surface area (Å²) in [5.41, 5.74) is 2.36. The number of nitrogen functional groups attached to an aromatic ring is 1. The molecule has 2 aromatic heterocycles. The fourth-order valence-corrected chi connectivity index (χ4v) is 5.08. The third-order valence-electron chi connectivity index (χ3n) is 3.76. The molecule has 1 fully saturated rings. The van der Waals surface area contributed by atoms with Gasteiger partial charge in [0, 0.05) is 24.7 Å². The van der Waals surface area contributed by atoms with E-state index in [1.165, 1.54) is 20.0 Å². The number of imidazole rings is 1. The number of aliphatic hydroxyl groups excluding tert-OH is 1. The summed E-state index contributed by atoms with van der Waals surface area (Å²) in [4.78, 5) is 4.74. The van der Waals surface area contributed by atoms with Gasteiger partial charge in [0.2, 0.25) is 5.03 Å². The highest BCUT2D eigenvalue weighted by atomic mass is 32.2. The minimum atomic E-state index is -3.73. The Balaban J connectivity index is 2.06. The van der Waals surface area contributed by atoms with Gasteiger partial charge in [-0.25, -0.2) is 14.3 Å². The lowest BCUT2D eigenvalue weighted by Crippen LogP contribution is -2.45. The van der Waals surface area contributed by atoms with Gasteiger partial charge < -0.3 is 10.5 Å². The second kappa shape index (κ2) is 5.21. The Morgan fingerprint density at radius 3 is 3.00 bits per heavy atom. The minimum absolute atomic E-state index is 0.0461. The van der Waals surface area contributed by atoms with Crippen LogP contribution in [-0.4, -0.2) is 46.4 Å². The van der Waals surface area contributed by atoms with Crippen LogP contribution in [0.25, 0.3) is 4.96 Å². The van der Waals surface area contributed by atoms with Crippen molar-refractivity contribution < 1.29 is 13.5 Å². The molecule has 0 aliphatic carbocycles. The molecule has 10 heteroatoms. The average molecular weight is 331 g/mol. The van der Waals surface area contributed by atoms with E-state index in [1.807, 2.05) is 6.92 Å². The van der Waals surface area contributed by atoms with E-state index >= 15 is 0 Å². The first-order valence-corrected chi connectivity index (χ1v) is 8.87. The number of hydrogen-bond acceptors (Lipinski definition) is 7. The Hall–Kier alpha value is -1.20. The van der Waals surface area contributed by atoms with Crippen LogP contribution >= 0.6 is 11.3 Å². The van der Waals surface area contributed by atoms with E-state index < -0.39 is 16.1 Å². The molecule has 0 aromatic carbocycles.